The topological polar surface area (TPSA) is 80.9 Å². The number of benzene rings is 4. The lowest BCUT2D eigenvalue weighted by atomic mass is 9.95. The largest absolute Gasteiger partial charge is 0.508 e. The van der Waals surface area contributed by atoms with Crippen molar-refractivity contribution in [3.05, 3.63) is 60.7 Å². The van der Waals surface area contributed by atoms with Gasteiger partial charge in [-0.25, -0.2) is 0 Å². The van der Waals surface area contributed by atoms with Crippen LogP contribution < -0.4 is 0 Å². The lowest BCUT2D eigenvalue weighted by molar-refractivity contribution is 0.468. The van der Waals surface area contributed by atoms with Crippen LogP contribution in [-0.4, -0.2) is 20.4 Å². The van der Waals surface area contributed by atoms with Crippen LogP contribution in [0, 0.1) is 0 Å². The minimum atomic E-state index is -0.0162. The van der Waals surface area contributed by atoms with Gasteiger partial charge in [-0.3, -0.25) is 0 Å². The van der Waals surface area contributed by atoms with E-state index in [-0.39, 0.29) is 23.0 Å². The number of hydrogen-bond donors (Lipinski definition) is 4. The zero-order valence-corrected chi connectivity index (χ0v) is 12.6. The van der Waals surface area contributed by atoms with Crippen molar-refractivity contribution in [2.45, 2.75) is 0 Å². The molecule has 4 nitrogen and oxygen atoms in total. The Kier molecular flexibility index (Phi) is 3.00. The maximum atomic E-state index is 10.6. The molecule has 118 valence electrons. The number of hydrogen-bond acceptors (Lipinski definition) is 4. The first-order valence-corrected chi connectivity index (χ1v) is 7.45. The van der Waals surface area contributed by atoms with Crippen molar-refractivity contribution < 1.29 is 20.4 Å². The standard InChI is InChI=1S/C20H14O4/c21-12-6-8-13-11(9-12)5-7-16(19(13)23)17-10-18(22)14-3-1-2-4-15(14)20(17)24/h1-10,21-24H. The molecule has 0 aromatic heterocycles. The smallest absolute Gasteiger partial charge is 0.131 e. The van der Waals surface area contributed by atoms with Crippen LogP contribution in [-0.2, 0) is 0 Å². The quantitative estimate of drug-likeness (QED) is 0.390. The van der Waals surface area contributed by atoms with Gasteiger partial charge in [0.2, 0.25) is 0 Å². The van der Waals surface area contributed by atoms with E-state index in [4.69, 9.17) is 0 Å². The van der Waals surface area contributed by atoms with Crippen LogP contribution >= 0.6 is 0 Å². The van der Waals surface area contributed by atoms with Crippen LogP contribution in [0.2, 0.25) is 0 Å². The van der Waals surface area contributed by atoms with Gasteiger partial charge in [0.05, 0.1) is 0 Å². The highest BCUT2D eigenvalue weighted by atomic mass is 16.3. The average molecular weight is 318 g/mol. The van der Waals surface area contributed by atoms with Gasteiger partial charge in [0.1, 0.15) is 23.0 Å². The predicted molar refractivity (Wildman–Crippen MR) is 93.5 cm³/mol. The van der Waals surface area contributed by atoms with Crippen molar-refractivity contribution >= 4 is 21.5 Å². The van der Waals surface area contributed by atoms with Crippen molar-refractivity contribution in [3.63, 3.8) is 0 Å². The molecule has 4 aromatic rings. The van der Waals surface area contributed by atoms with E-state index in [0.29, 0.717) is 32.7 Å². The second kappa shape index (κ2) is 5.06. The highest BCUT2D eigenvalue weighted by Crippen LogP contribution is 2.45. The summed E-state index contributed by atoms with van der Waals surface area (Å²) in [5.74, 6) is 0.124. The molecule has 0 saturated heterocycles. The van der Waals surface area contributed by atoms with Gasteiger partial charge in [-0.2, -0.15) is 0 Å². The lowest BCUT2D eigenvalue weighted by Crippen LogP contribution is -1.85. The molecule has 0 heterocycles. The van der Waals surface area contributed by atoms with Gasteiger partial charge < -0.3 is 20.4 Å². The summed E-state index contributed by atoms with van der Waals surface area (Å²) in [6.45, 7) is 0. The predicted octanol–water partition coefficient (Wildman–Crippen LogP) is 4.48. The molecule has 0 saturated carbocycles. The summed E-state index contributed by atoms with van der Waals surface area (Å²) in [6, 6.07) is 16.5. The monoisotopic (exact) mass is 318 g/mol. The molecule has 0 amide bonds. The lowest BCUT2D eigenvalue weighted by Gasteiger charge is -2.13. The molecule has 0 unspecified atom stereocenters. The fraction of sp³-hybridized carbons (Fsp3) is 0. The van der Waals surface area contributed by atoms with E-state index in [1.165, 1.54) is 12.1 Å². The molecule has 4 heteroatoms. The molecule has 0 bridgehead atoms. The van der Waals surface area contributed by atoms with Crippen molar-refractivity contribution in [2.24, 2.45) is 0 Å². The zero-order valence-electron chi connectivity index (χ0n) is 12.6. The maximum Gasteiger partial charge on any atom is 0.131 e. The molecule has 0 aliphatic rings. The van der Waals surface area contributed by atoms with Crippen LogP contribution in [0.1, 0.15) is 0 Å². The van der Waals surface area contributed by atoms with E-state index in [9.17, 15) is 20.4 Å². The molecular formula is C20H14O4. The first kappa shape index (κ1) is 14.2. The third kappa shape index (κ3) is 2.01. The Balaban J connectivity index is 2.04. The van der Waals surface area contributed by atoms with Gasteiger partial charge in [0, 0.05) is 27.3 Å². The fourth-order valence-corrected chi connectivity index (χ4v) is 3.06. The Morgan fingerprint density at radius 3 is 2.04 bits per heavy atom. The molecule has 4 aromatic carbocycles. The SMILES string of the molecule is Oc1ccc2c(O)c(-c3cc(O)c4ccccc4c3O)ccc2c1. The van der Waals surface area contributed by atoms with Crippen LogP contribution in [0.15, 0.2) is 60.7 Å². The Morgan fingerprint density at radius 1 is 0.542 bits per heavy atom. The first-order valence-electron chi connectivity index (χ1n) is 7.45. The number of phenolic OH excluding ortho intramolecular Hbond substituents is 4. The zero-order chi connectivity index (χ0) is 16.8. The molecule has 0 aliphatic heterocycles. The van der Waals surface area contributed by atoms with E-state index < -0.39 is 0 Å². The van der Waals surface area contributed by atoms with Gasteiger partial charge in [-0.15, -0.1) is 0 Å². The average Bonchev–Trinajstić information content (AvgIpc) is 2.59. The third-order valence-corrected chi connectivity index (χ3v) is 4.26. The second-order valence-electron chi connectivity index (χ2n) is 5.70. The summed E-state index contributed by atoms with van der Waals surface area (Å²) in [7, 11) is 0. The third-order valence-electron chi connectivity index (χ3n) is 4.26. The van der Waals surface area contributed by atoms with Crippen LogP contribution in [0.25, 0.3) is 32.7 Å². The Bertz CT molecular complexity index is 1100. The van der Waals surface area contributed by atoms with Crippen LogP contribution in [0.5, 0.6) is 23.0 Å². The van der Waals surface area contributed by atoms with Crippen molar-refractivity contribution in [3.8, 4) is 34.1 Å². The molecule has 4 rings (SSSR count). The minimum Gasteiger partial charge on any atom is -0.508 e. The van der Waals surface area contributed by atoms with Crippen molar-refractivity contribution in [1.82, 2.24) is 0 Å². The van der Waals surface area contributed by atoms with Crippen molar-refractivity contribution in [2.75, 3.05) is 0 Å². The molecule has 0 atom stereocenters. The highest BCUT2D eigenvalue weighted by Gasteiger charge is 2.16. The number of aromatic hydroxyl groups is 4. The summed E-state index contributed by atoms with van der Waals surface area (Å²) in [4.78, 5) is 0. The maximum absolute atomic E-state index is 10.6. The summed E-state index contributed by atoms with van der Waals surface area (Å²) < 4.78 is 0. The molecule has 0 radical (unpaired) electrons. The van der Waals surface area contributed by atoms with Gasteiger partial charge in [-0.1, -0.05) is 30.3 Å². The van der Waals surface area contributed by atoms with Gasteiger partial charge in [0.25, 0.3) is 0 Å². The molecule has 0 fully saturated rings. The van der Waals surface area contributed by atoms with Gasteiger partial charge >= 0.3 is 0 Å². The van der Waals surface area contributed by atoms with Crippen LogP contribution in [0.4, 0.5) is 0 Å². The summed E-state index contributed by atoms with van der Waals surface area (Å²) in [5.41, 5.74) is 0.755. The fourth-order valence-electron chi connectivity index (χ4n) is 3.06. The van der Waals surface area contributed by atoms with E-state index in [0.717, 1.165) is 0 Å². The highest BCUT2D eigenvalue weighted by molar-refractivity contribution is 6.02. The van der Waals surface area contributed by atoms with Crippen molar-refractivity contribution in [1.29, 1.82) is 0 Å². The second-order valence-corrected chi connectivity index (χ2v) is 5.70. The molecule has 24 heavy (non-hydrogen) atoms. The van der Waals surface area contributed by atoms with E-state index in [1.54, 1.807) is 48.5 Å². The molecule has 0 aliphatic carbocycles. The normalized spacial score (nSPS) is 11.2. The number of fused-ring (bicyclic) bond motifs is 2. The molecule has 4 N–H and O–H groups in total. The van der Waals surface area contributed by atoms with E-state index in [2.05, 4.69) is 0 Å². The Hall–Kier alpha value is -3.40. The van der Waals surface area contributed by atoms with Crippen LogP contribution in [0.3, 0.4) is 0 Å². The summed E-state index contributed by atoms with van der Waals surface area (Å²) >= 11 is 0. The molecular weight excluding hydrogens is 304 g/mol. The van der Waals surface area contributed by atoms with Gasteiger partial charge in [0.15, 0.2) is 0 Å². The molecule has 0 spiro atoms. The Labute approximate surface area is 137 Å². The number of phenols is 4. The first-order chi connectivity index (χ1) is 11.6. The van der Waals surface area contributed by atoms with Gasteiger partial charge in [-0.05, 0) is 35.7 Å². The minimum absolute atomic E-state index is 0.00294. The van der Waals surface area contributed by atoms with E-state index in [1.807, 2.05) is 0 Å². The summed E-state index contributed by atoms with van der Waals surface area (Å²) in [5, 5.41) is 43.3. The van der Waals surface area contributed by atoms with E-state index >= 15 is 0 Å². The Morgan fingerprint density at radius 2 is 1.25 bits per heavy atom. The summed E-state index contributed by atoms with van der Waals surface area (Å²) in [6.07, 6.45) is 0. The number of rotatable bonds is 1.